The lowest BCUT2D eigenvalue weighted by molar-refractivity contribution is 0.0696. The molecule has 1 fully saturated rings. The lowest BCUT2D eigenvalue weighted by atomic mass is 10.2. The minimum absolute atomic E-state index is 0.0239. The number of carboxylic acids is 1. The van der Waals surface area contributed by atoms with Crippen molar-refractivity contribution >= 4 is 16.0 Å². The van der Waals surface area contributed by atoms with Crippen LogP contribution in [0, 0.1) is 0 Å². The van der Waals surface area contributed by atoms with E-state index in [-0.39, 0.29) is 28.9 Å². The van der Waals surface area contributed by atoms with Gasteiger partial charge in [-0.3, -0.25) is 0 Å². The maximum absolute atomic E-state index is 12.6. The van der Waals surface area contributed by atoms with E-state index >= 15 is 0 Å². The average Bonchev–Trinajstić information content (AvgIpc) is 2.96. The van der Waals surface area contributed by atoms with Crippen LogP contribution in [-0.4, -0.2) is 57.2 Å². The van der Waals surface area contributed by atoms with E-state index in [2.05, 4.69) is 0 Å². The van der Waals surface area contributed by atoms with Crippen molar-refractivity contribution in [2.24, 2.45) is 0 Å². The smallest absolute Gasteiger partial charge is 0.335 e. The first-order valence-electron chi connectivity index (χ1n) is 6.34. The van der Waals surface area contributed by atoms with Gasteiger partial charge in [0.15, 0.2) is 0 Å². The zero-order valence-corrected chi connectivity index (χ0v) is 12.6. The Morgan fingerprint density at radius 1 is 1.38 bits per heavy atom. The van der Waals surface area contributed by atoms with Gasteiger partial charge in [-0.1, -0.05) is 0 Å². The second-order valence-electron chi connectivity index (χ2n) is 4.68. The summed E-state index contributed by atoms with van der Waals surface area (Å²) in [6.45, 7) is 0.646. The molecule has 1 atom stereocenters. The van der Waals surface area contributed by atoms with E-state index in [9.17, 15) is 13.2 Å². The van der Waals surface area contributed by atoms with E-state index in [0.29, 0.717) is 13.0 Å². The summed E-state index contributed by atoms with van der Waals surface area (Å²) in [6, 6.07) is 3.72. The largest absolute Gasteiger partial charge is 0.495 e. The average molecular weight is 315 g/mol. The van der Waals surface area contributed by atoms with Crippen molar-refractivity contribution < 1.29 is 27.8 Å². The van der Waals surface area contributed by atoms with Gasteiger partial charge in [0.2, 0.25) is 10.0 Å². The molecule has 1 aromatic carbocycles. The Morgan fingerprint density at radius 3 is 2.62 bits per heavy atom. The Kier molecular flexibility index (Phi) is 4.50. The van der Waals surface area contributed by atoms with Crippen molar-refractivity contribution in [3.8, 4) is 5.75 Å². The number of ether oxygens (including phenoxy) is 2. The Morgan fingerprint density at radius 2 is 2.10 bits per heavy atom. The van der Waals surface area contributed by atoms with E-state index in [1.165, 1.54) is 29.6 Å². The van der Waals surface area contributed by atoms with Gasteiger partial charge in [-0.25, -0.2) is 13.2 Å². The highest BCUT2D eigenvalue weighted by molar-refractivity contribution is 7.89. The molecule has 8 heteroatoms. The van der Waals surface area contributed by atoms with Gasteiger partial charge in [-0.2, -0.15) is 4.31 Å². The number of hydrogen-bond acceptors (Lipinski definition) is 5. The highest BCUT2D eigenvalue weighted by Crippen LogP contribution is 2.30. The summed E-state index contributed by atoms with van der Waals surface area (Å²) in [5.74, 6) is -1.12. The van der Waals surface area contributed by atoms with E-state index in [0.717, 1.165) is 0 Å². The van der Waals surface area contributed by atoms with Gasteiger partial charge in [-0.05, 0) is 24.6 Å². The monoisotopic (exact) mass is 315 g/mol. The third-order valence-electron chi connectivity index (χ3n) is 3.47. The predicted octanol–water partition coefficient (Wildman–Crippen LogP) is 0.803. The first-order valence-corrected chi connectivity index (χ1v) is 7.78. The Hall–Kier alpha value is -1.64. The topological polar surface area (TPSA) is 93.1 Å². The summed E-state index contributed by atoms with van der Waals surface area (Å²) in [6.07, 6.45) is 0.509. The van der Waals surface area contributed by atoms with Gasteiger partial charge in [0.1, 0.15) is 10.6 Å². The summed E-state index contributed by atoms with van der Waals surface area (Å²) >= 11 is 0. The van der Waals surface area contributed by atoms with Crippen LogP contribution in [0.2, 0.25) is 0 Å². The molecule has 116 valence electrons. The molecule has 1 aliphatic rings. The van der Waals surface area contributed by atoms with Gasteiger partial charge in [0.05, 0.1) is 18.8 Å². The molecule has 0 bridgehead atoms. The SMILES string of the molecule is COc1cc(C(=O)O)ccc1S(=O)(=O)N1CCC(OC)C1. The van der Waals surface area contributed by atoms with Crippen LogP contribution in [0.25, 0.3) is 0 Å². The third-order valence-corrected chi connectivity index (χ3v) is 5.37. The number of aromatic carboxylic acids is 1. The second-order valence-corrected chi connectivity index (χ2v) is 6.59. The Balaban J connectivity index is 2.38. The molecule has 1 saturated heterocycles. The molecule has 0 aromatic heterocycles. The molecule has 1 aliphatic heterocycles. The lowest BCUT2D eigenvalue weighted by Crippen LogP contribution is -2.30. The van der Waals surface area contributed by atoms with Gasteiger partial charge in [-0.15, -0.1) is 0 Å². The number of hydrogen-bond donors (Lipinski definition) is 1. The predicted molar refractivity (Wildman–Crippen MR) is 74.1 cm³/mol. The molecule has 0 spiro atoms. The molecule has 0 amide bonds. The molecule has 0 saturated carbocycles. The molecule has 21 heavy (non-hydrogen) atoms. The van der Waals surface area contributed by atoms with Crippen LogP contribution in [0.4, 0.5) is 0 Å². The first-order chi connectivity index (χ1) is 9.90. The Bertz CT molecular complexity index is 642. The van der Waals surface area contributed by atoms with Crippen LogP contribution in [-0.2, 0) is 14.8 Å². The molecule has 1 N–H and O–H groups in total. The number of benzene rings is 1. The number of methoxy groups -OCH3 is 2. The normalized spacial score (nSPS) is 19.6. The molecule has 2 rings (SSSR count). The van der Waals surface area contributed by atoms with Crippen molar-refractivity contribution in [1.29, 1.82) is 0 Å². The molecule has 1 unspecified atom stereocenters. The van der Waals surface area contributed by atoms with Crippen LogP contribution in [0.5, 0.6) is 5.75 Å². The van der Waals surface area contributed by atoms with Crippen molar-refractivity contribution in [3.05, 3.63) is 23.8 Å². The van der Waals surface area contributed by atoms with Crippen molar-refractivity contribution in [2.75, 3.05) is 27.3 Å². The first kappa shape index (κ1) is 15.7. The van der Waals surface area contributed by atoms with Crippen molar-refractivity contribution in [3.63, 3.8) is 0 Å². The second kappa shape index (κ2) is 6.00. The summed E-state index contributed by atoms with van der Waals surface area (Å²) in [5.41, 5.74) is -0.0259. The van der Waals surface area contributed by atoms with E-state index in [1.807, 2.05) is 0 Å². The molecule has 1 aromatic rings. The quantitative estimate of drug-likeness (QED) is 0.864. The maximum Gasteiger partial charge on any atom is 0.335 e. The van der Waals surface area contributed by atoms with E-state index in [1.54, 1.807) is 7.11 Å². The lowest BCUT2D eigenvalue weighted by Gasteiger charge is -2.18. The highest BCUT2D eigenvalue weighted by Gasteiger charge is 2.34. The zero-order valence-electron chi connectivity index (χ0n) is 11.8. The molecule has 1 heterocycles. The number of sulfonamides is 1. The molecule has 0 aliphatic carbocycles. The number of carboxylic acid groups (broad SMARTS) is 1. The number of carbonyl (C=O) groups is 1. The number of rotatable bonds is 5. The summed E-state index contributed by atoms with van der Waals surface area (Å²) in [4.78, 5) is 10.9. The van der Waals surface area contributed by atoms with Gasteiger partial charge in [0.25, 0.3) is 0 Å². The van der Waals surface area contributed by atoms with Crippen LogP contribution in [0.3, 0.4) is 0 Å². The van der Waals surface area contributed by atoms with Gasteiger partial charge in [0, 0.05) is 20.2 Å². The van der Waals surface area contributed by atoms with Crippen LogP contribution < -0.4 is 4.74 Å². The van der Waals surface area contributed by atoms with Crippen LogP contribution in [0.1, 0.15) is 16.8 Å². The van der Waals surface area contributed by atoms with Gasteiger partial charge < -0.3 is 14.6 Å². The molecule has 7 nitrogen and oxygen atoms in total. The standard InChI is InChI=1S/C13H17NO6S/c1-19-10-5-6-14(8-10)21(17,18)12-4-3-9(13(15)16)7-11(12)20-2/h3-4,7,10H,5-6,8H2,1-2H3,(H,15,16). The number of nitrogens with zero attached hydrogens (tertiary/aromatic N) is 1. The zero-order chi connectivity index (χ0) is 15.6. The fraction of sp³-hybridized carbons (Fsp3) is 0.462. The van der Waals surface area contributed by atoms with Crippen molar-refractivity contribution in [2.45, 2.75) is 17.4 Å². The third kappa shape index (κ3) is 3.02. The van der Waals surface area contributed by atoms with Gasteiger partial charge >= 0.3 is 5.97 Å². The van der Waals surface area contributed by atoms with Crippen molar-refractivity contribution in [1.82, 2.24) is 4.31 Å². The van der Waals surface area contributed by atoms with E-state index in [4.69, 9.17) is 14.6 Å². The van der Waals surface area contributed by atoms with Crippen LogP contribution in [0.15, 0.2) is 23.1 Å². The summed E-state index contributed by atoms with van der Waals surface area (Å²) in [5, 5.41) is 8.94. The fourth-order valence-corrected chi connectivity index (χ4v) is 3.88. The summed E-state index contributed by atoms with van der Waals surface area (Å²) < 4.78 is 36.7. The maximum atomic E-state index is 12.6. The molecule has 0 radical (unpaired) electrons. The minimum atomic E-state index is -3.73. The molecular weight excluding hydrogens is 298 g/mol. The summed E-state index contributed by atoms with van der Waals surface area (Å²) in [7, 11) is -0.879. The van der Waals surface area contributed by atoms with E-state index < -0.39 is 16.0 Å². The highest BCUT2D eigenvalue weighted by atomic mass is 32.2. The fourth-order valence-electron chi connectivity index (χ4n) is 2.26. The molecular formula is C13H17NO6S. The Labute approximate surface area is 123 Å². The minimum Gasteiger partial charge on any atom is -0.495 e. The van der Waals surface area contributed by atoms with Crippen LogP contribution >= 0.6 is 0 Å².